The molecule has 1 aromatic carbocycles. The van der Waals surface area contributed by atoms with Gasteiger partial charge in [0.25, 0.3) is 0 Å². The van der Waals surface area contributed by atoms with E-state index < -0.39 is 47.7 Å². The van der Waals surface area contributed by atoms with Crippen LogP contribution in [0, 0.1) is 11.8 Å². The summed E-state index contributed by atoms with van der Waals surface area (Å²) >= 11 is 0. The number of carbonyl (C=O) groups is 4. The molecule has 0 unspecified atom stereocenters. The first-order valence-corrected chi connectivity index (χ1v) is 18.2. The molecule has 0 aromatic heterocycles. The van der Waals surface area contributed by atoms with Gasteiger partial charge in [-0.2, -0.15) is 0 Å². The Morgan fingerprint density at radius 2 is 1.76 bits per heavy atom. The Hall–Kier alpha value is -3.54. The maximum absolute atomic E-state index is 15.0. The van der Waals surface area contributed by atoms with Crippen molar-refractivity contribution in [2.45, 2.75) is 107 Å². The number of aliphatic hydroxyl groups excluding tert-OH is 1. The molecule has 1 aliphatic carbocycles. The SMILES string of the molecule is COC[C@H]1NC(=O)CC/C=C\CN(C2CCCCC2)C(=O)[C@@H]2N(CCCCCCO)C(=O)[C@H]3[C@H](C(=O)O[C@@H]1c1ccccc1)[C@@H]1C=C[C@]23O1. The molecular formula is C38H51N3O8. The summed E-state index contributed by atoms with van der Waals surface area (Å²) in [6.07, 6.45) is 14.6. The number of benzene rings is 1. The summed E-state index contributed by atoms with van der Waals surface area (Å²) < 4.78 is 18.4. The van der Waals surface area contributed by atoms with Crippen LogP contribution in [0.5, 0.6) is 0 Å². The molecule has 6 rings (SSSR count). The topological polar surface area (TPSA) is 135 Å². The third kappa shape index (κ3) is 7.21. The molecule has 266 valence electrons. The average Bonchev–Trinajstić information content (AvgIpc) is 3.76. The second-order valence-electron chi connectivity index (χ2n) is 14.1. The molecule has 1 saturated carbocycles. The molecule has 4 aliphatic heterocycles. The van der Waals surface area contributed by atoms with E-state index in [1.54, 1.807) is 4.90 Å². The van der Waals surface area contributed by atoms with Crippen LogP contribution in [-0.2, 0) is 33.4 Å². The first-order chi connectivity index (χ1) is 23.9. The quantitative estimate of drug-likeness (QED) is 0.218. The van der Waals surface area contributed by atoms with E-state index >= 15 is 0 Å². The third-order valence-corrected chi connectivity index (χ3v) is 10.9. The smallest absolute Gasteiger partial charge is 0.313 e. The van der Waals surface area contributed by atoms with Crippen LogP contribution in [0.4, 0.5) is 0 Å². The number of cyclic esters (lactones) is 1. The van der Waals surface area contributed by atoms with E-state index in [0.29, 0.717) is 37.9 Å². The number of fused-ring (bicyclic) bond motifs is 2. The molecule has 4 heterocycles. The number of unbranched alkanes of at least 4 members (excludes halogenated alkanes) is 3. The van der Waals surface area contributed by atoms with Gasteiger partial charge in [0.15, 0.2) is 0 Å². The largest absolute Gasteiger partial charge is 0.455 e. The fraction of sp³-hybridized carbons (Fsp3) is 0.632. The number of hydrogen-bond donors (Lipinski definition) is 2. The summed E-state index contributed by atoms with van der Waals surface area (Å²) in [5.74, 6) is -3.13. The molecule has 11 heteroatoms. The molecule has 11 nitrogen and oxygen atoms in total. The Morgan fingerprint density at radius 3 is 2.51 bits per heavy atom. The number of ether oxygens (including phenoxy) is 3. The predicted octanol–water partition coefficient (Wildman–Crippen LogP) is 3.62. The van der Waals surface area contributed by atoms with Gasteiger partial charge in [0.1, 0.15) is 23.7 Å². The van der Waals surface area contributed by atoms with Crippen molar-refractivity contribution >= 4 is 23.7 Å². The van der Waals surface area contributed by atoms with Gasteiger partial charge in [0.2, 0.25) is 17.7 Å². The number of hydrogen-bond acceptors (Lipinski definition) is 8. The van der Waals surface area contributed by atoms with Crippen LogP contribution in [-0.4, -0.2) is 102 Å². The van der Waals surface area contributed by atoms with E-state index in [1.807, 2.05) is 59.5 Å². The standard InChI is InChI=1S/C38H51N3O8/c1-47-25-28-33(26-15-7-4-8-16-26)48-37(46)31-29-20-21-38(49-29)32(31)35(44)41(23-12-2-3-14-24-42)34(38)36(45)40(27-17-9-5-10-18-27)22-13-6-11-19-30(43)39-28/h4,6-8,13,15-16,20-21,27-29,31-34,42H,2-3,5,9-12,14,17-19,22-25H2,1H3,(H,39,43)/b13-6-/t28-,29+,31-,32-,33-,34+,38-/m1/s1. The number of nitrogens with one attached hydrogen (secondary N) is 1. The van der Waals surface area contributed by atoms with Gasteiger partial charge in [-0.15, -0.1) is 0 Å². The minimum absolute atomic E-state index is 0.0259. The molecule has 5 aliphatic rings. The molecule has 2 N–H and O–H groups in total. The monoisotopic (exact) mass is 677 g/mol. The normalized spacial score (nSPS) is 33.1. The predicted molar refractivity (Wildman–Crippen MR) is 181 cm³/mol. The number of esters is 1. The molecule has 49 heavy (non-hydrogen) atoms. The van der Waals surface area contributed by atoms with Gasteiger partial charge >= 0.3 is 5.97 Å². The van der Waals surface area contributed by atoms with Gasteiger partial charge in [0, 0.05) is 39.3 Å². The summed E-state index contributed by atoms with van der Waals surface area (Å²) in [5, 5.41) is 12.3. The molecule has 2 saturated heterocycles. The summed E-state index contributed by atoms with van der Waals surface area (Å²) in [4.78, 5) is 60.7. The second-order valence-corrected chi connectivity index (χ2v) is 14.1. The van der Waals surface area contributed by atoms with E-state index in [2.05, 4.69) is 5.32 Å². The minimum atomic E-state index is -1.29. The molecule has 3 amide bonds. The van der Waals surface area contributed by atoms with E-state index in [1.165, 1.54) is 7.11 Å². The first kappa shape index (κ1) is 35.3. The van der Waals surface area contributed by atoms with Crippen LogP contribution in [0.25, 0.3) is 0 Å². The number of carbonyl (C=O) groups excluding carboxylic acids is 4. The molecule has 1 spiro atoms. The maximum atomic E-state index is 15.0. The molecule has 3 fully saturated rings. The Bertz CT molecular complexity index is 1390. The van der Waals surface area contributed by atoms with E-state index in [4.69, 9.17) is 14.2 Å². The zero-order chi connectivity index (χ0) is 34.4. The summed E-state index contributed by atoms with van der Waals surface area (Å²) in [7, 11) is 1.53. The maximum Gasteiger partial charge on any atom is 0.313 e. The van der Waals surface area contributed by atoms with Crippen LogP contribution in [0.1, 0.15) is 82.3 Å². The number of methoxy groups -OCH3 is 1. The van der Waals surface area contributed by atoms with Crippen LogP contribution >= 0.6 is 0 Å². The number of allylic oxidation sites excluding steroid dienone is 1. The third-order valence-electron chi connectivity index (χ3n) is 10.9. The fourth-order valence-electron chi connectivity index (χ4n) is 8.59. The number of amides is 3. The summed E-state index contributed by atoms with van der Waals surface area (Å²) in [5.41, 5.74) is -0.607. The Balaban J connectivity index is 1.39. The highest BCUT2D eigenvalue weighted by Crippen LogP contribution is 2.56. The minimum Gasteiger partial charge on any atom is -0.455 e. The van der Waals surface area contributed by atoms with Crippen molar-refractivity contribution in [1.29, 1.82) is 0 Å². The van der Waals surface area contributed by atoms with Crippen LogP contribution < -0.4 is 5.32 Å². The molecule has 1 aromatic rings. The van der Waals surface area contributed by atoms with Crippen molar-refractivity contribution in [3.05, 3.63) is 60.2 Å². The lowest BCUT2D eigenvalue weighted by molar-refractivity contribution is -0.162. The van der Waals surface area contributed by atoms with E-state index in [0.717, 1.165) is 44.9 Å². The highest BCUT2D eigenvalue weighted by molar-refractivity contribution is 5.99. The second kappa shape index (κ2) is 16.0. The van der Waals surface area contributed by atoms with Crippen molar-refractivity contribution in [3.8, 4) is 0 Å². The molecule has 0 radical (unpaired) electrons. The lowest BCUT2D eigenvalue weighted by Crippen LogP contribution is -2.58. The van der Waals surface area contributed by atoms with Crippen molar-refractivity contribution in [1.82, 2.24) is 15.1 Å². The number of aliphatic hydroxyl groups is 1. The molecular weight excluding hydrogens is 626 g/mol. The van der Waals surface area contributed by atoms with Gasteiger partial charge < -0.3 is 34.4 Å². The van der Waals surface area contributed by atoms with Gasteiger partial charge in [-0.05, 0) is 37.7 Å². The lowest BCUT2D eigenvalue weighted by atomic mass is 9.74. The van der Waals surface area contributed by atoms with Crippen molar-refractivity contribution < 1.29 is 38.5 Å². The number of rotatable bonds is 10. The molecule has 7 atom stereocenters. The van der Waals surface area contributed by atoms with Gasteiger partial charge in [-0.25, -0.2) is 0 Å². The van der Waals surface area contributed by atoms with Gasteiger partial charge in [0.05, 0.1) is 24.7 Å². The van der Waals surface area contributed by atoms with Gasteiger partial charge in [-0.3, -0.25) is 19.2 Å². The van der Waals surface area contributed by atoms with Crippen LogP contribution in [0.2, 0.25) is 0 Å². The molecule has 5 bridgehead atoms. The zero-order valence-electron chi connectivity index (χ0n) is 28.5. The van der Waals surface area contributed by atoms with E-state index in [-0.39, 0.29) is 43.4 Å². The first-order valence-electron chi connectivity index (χ1n) is 18.2. The Morgan fingerprint density at radius 1 is 0.980 bits per heavy atom. The summed E-state index contributed by atoms with van der Waals surface area (Å²) in [6.45, 7) is 0.928. The van der Waals surface area contributed by atoms with E-state index in [9.17, 15) is 24.3 Å². The summed E-state index contributed by atoms with van der Waals surface area (Å²) in [6, 6.07) is 7.65. The average molecular weight is 678 g/mol. The number of nitrogens with zero attached hydrogens (tertiary/aromatic N) is 2. The highest BCUT2D eigenvalue weighted by Gasteiger charge is 2.73. The highest BCUT2D eigenvalue weighted by atomic mass is 16.6. The van der Waals surface area contributed by atoms with Crippen LogP contribution in [0.3, 0.4) is 0 Å². The Labute approximate surface area is 289 Å². The lowest BCUT2D eigenvalue weighted by Gasteiger charge is -2.40. The number of likely N-dealkylation sites (tertiary alicyclic amines) is 1. The van der Waals surface area contributed by atoms with Gasteiger partial charge in [-0.1, -0.05) is 86.7 Å². The zero-order valence-corrected chi connectivity index (χ0v) is 28.5. The Kier molecular flexibility index (Phi) is 11.5. The van der Waals surface area contributed by atoms with Crippen LogP contribution in [0.15, 0.2) is 54.6 Å². The van der Waals surface area contributed by atoms with Crippen molar-refractivity contribution in [2.24, 2.45) is 11.8 Å². The fourth-order valence-corrected chi connectivity index (χ4v) is 8.59. The van der Waals surface area contributed by atoms with Crippen molar-refractivity contribution in [2.75, 3.05) is 33.4 Å². The van der Waals surface area contributed by atoms with Crippen molar-refractivity contribution in [3.63, 3.8) is 0 Å².